The zero-order valence-corrected chi connectivity index (χ0v) is 25.4. The number of alkyl halides is 3. The number of anilines is 2. The Balaban J connectivity index is 1.48. The molecule has 0 aromatic heterocycles. The van der Waals surface area contributed by atoms with Crippen molar-refractivity contribution < 1.29 is 32.5 Å². The van der Waals surface area contributed by atoms with Crippen LogP contribution in [0, 0.1) is 10.1 Å². The van der Waals surface area contributed by atoms with Crippen molar-refractivity contribution in [3.05, 3.63) is 135 Å². The number of thioether (sulfide) groups is 1. The van der Waals surface area contributed by atoms with Gasteiger partial charge in [-0.2, -0.15) is 13.2 Å². The molecule has 3 N–H and O–H groups in total. The minimum absolute atomic E-state index is 0.0889. The van der Waals surface area contributed by atoms with Crippen molar-refractivity contribution in [1.29, 1.82) is 0 Å². The average molecular weight is 669 g/mol. The van der Waals surface area contributed by atoms with Gasteiger partial charge in [-0.25, -0.2) is 0 Å². The highest BCUT2D eigenvalue weighted by Crippen LogP contribution is 2.37. The van der Waals surface area contributed by atoms with E-state index in [0.29, 0.717) is 10.6 Å². The van der Waals surface area contributed by atoms with E-state index < -0.39 is 45.3 Å². The number of amides is 3. The highest BCUT2D eigenvalue weighted by atomic mass is 35.5. The van der Waals surface area contributed by atoms with Crippen molar-refractivity contribution in [2.75, 3.05) is 10.6 Å². The maximum Gasteiger partial charge on any atom is 0.418 e. The Labute approximate surface area is 270 Å². The smallest absolute Gasteiger partial charge is 0.325 e. The summed E-state index contributed by atoms with van der Waals surface area (Å²) in [5.74, 6) is -2.05. The van der Waals surface area contributed by atoms with E-state index in [4.69, 9.17) is 11.6 Å². The van der Waals surface area contributed by atoms with Crippen LogP contribution in [0.2, 0.25) is 5.02 Å². The summed E-state index contributed by atoms with van der Waals surface area (Å²) in [4.78, 5) is 50.4. The molecule has 0 saturated carbocycles. The van der Waals surface area contributed by atoms with Gasteiger partial charge < -0.3 is 16.0 Å². The maximum absolute atomic E-state index is 13.4. The number of para-hydroxylation sites is 1. The number of carbonyl (C=O) groups is 3. The molecule has 0 bridgehead atoms. The van der Waals surface area contributed by atoms with Crippen LogP contribution in [0.15, 0.2) is 108 Å². The first kappa shape index (κ1) is 33.7. The van der Waals surface area contributed by atoms with Gasteiger partial charge in [-0.1, -0.05) is 41.9 Å². The van der Waals surface area contributed by atoms with E-state index in [1.807, 2.05) is 0 Å². The Morgan fingerprint density at radius 2 is 1.57 bits per heavy atom. The number of nitrogens with one attached hydrogen (secondary N) is 3. The summed E-state index contributed by atoms with van der Waals surface area (Å²) in [5, 5.41) is 18.0. The van der Waals surface area contributed by atoms with E-state index >= 15 is 0 Å². The van der Waals surface area contributed by atoms with Gasteiger partial charge >= 0.3 is 6.18 Å². The zero-order chi connectivity index (χ0) is 33.4. The van der Waals surface area contributed by atoms with E-state index in [1.165, 1.54) is 61.5 Å². The number of hydrogen-bond acceptors (Lipinski definition) is 6. The van der Waals surface area contributed by atoms with Crippen LogP contribution in [-0.4, -0.2) is 27.9 Å². The van der Waals surface area contributed by atoms with Gasteiger partial charge in [0, 0.05) is 27.2 Å². The van der Waals surface area contributed by atoms with Crippen molar-refractivity contribution in [3.8, 4) is 0 Å². The van der Waals surface area contributed by atoms with Crippen LogP contribution in [0.1, 0.15) is 28.4 Å². The lowest BCUT2D eigenvalue weighted by Gasteiger charge is -2.17. The van der Waals surface area contributed by atoms with Gasteiger partial charge in [0.15, 0.2) is 0 Å². The number of benzene rings is 4. The summed E-state index contributed by atoms with van der Waals surface area (Å²) in [7, 11) is 0. The summed E-state index contributed by atoms with van der Waals surface area (Å²) < 4.78 is 40.2. The number of carbonyl (C=O) groups excluding carboxylic acids is 3. The number of nitrogens with zero attached hydrogens (tertiary/aromatic N) is 1. The summed E-state index contributed by atoms with van der Waals surface area (Å²) in [5.41, 5.74) is -1.37. The Morgan fingerprint density at radius 3 is 2.22 bits per heavy atom. The number of nitro groups is 1. The topological polar surface area (TPSA) is 130 Å². The Kier molecular flexibility index (Phi) is 10.8. The first-order chi connectivity index (χ1) is 21.8. The molecule has 4 aromatic carbocycles. The van der Waals surface area contributed by atoms with Crippen LogP contribution in [0.4, 0.5) is 30.2 Å². The highest BCUT2D eigenvalue weighted by Gasteiger charge is 2.34. The van der Waals surface area contributed by atoms with Crippen LogP contribution >= 0.6 is 23.4 Å². The van der Waals surface area contributed by atoms with Crippen LogP contribution in [0.25, 0.3) is 6.08 Å². The van der Waals surface area contributed by atoms with Crippen molar-refractivity contribution in [1.82, 2.24) is 5.32 Å². The molecule has 4 aromatic rings. The van der Waals surface area contributed by atoms with E-state index in [1.54, 1.807) is 36.4 Å². The molecule has 9 nitrogen and oxygen atoms in total. The molecule has 236 valence electrons. The molecule has 4 rings (SSSR count). The molecule has 0 fully saturated rings. The predicted octanol–water partition coefficient (Wildman–Crippen LogP) is 7.80. The molecule has 14 heteroatoms. The lowest BCUT2D eigenvalue weighted by Crippen LogP contribution is -2.30. The third-order valence-corrected chi connectivity index (χ3v) is 7.65. The summed E-state index contributed by atoms with van der Waals surface area (Å²) in [6, 6.07) is 23.1. The molecule has 0 aliphatic rings. The van der Waals surface area contributed by atoms with Crippen molar-refractivity contribution >= 4 is 64.2 Å². The monoisotopic (exact) mass is 668 g/mol. The maximum atomic E-state index is 13.4. The minimum Gasteiger partial charge on any atom is -0.325 e. The SMILES string of the molecule is CC(Sc1ccc(NC(=O)/C(=C/c2ccccc2[N+](=O)[O-])NC(=O)c2ccccc2)cc1)C(=O)Nc1ccc(Cl)cc1C(F)(F)F. The summed E-state index contributed by atoms with van der Waals surface area (Å²) >= 11 is 6.77. The second-order valence-corrected chi connectivity index (χ2v) is 11.5. The van der Waals surface area contributed by atoms with Gasteiger partial charge in [0.2, 0.25) is 5.91 Å². The fourth-order valence-electron chi connectivity index (χ4n) is 4.04. The molecule has 0 spiro atoms. The number of rotatable bonds is 10. The molecule has 0 heterocycles. The Hall–Kier alpha value is -5.14. The van der Waals surface area contributed by atoms with E-state index in [9.17, 15) is 37.7 Å². The van der Waals surface area contributed by atoms with Crippen molar-refractivity contribution in [2.24, 2.45) is 0 Å². The average Bonchev–Trinajstić information content (AvgIpc) is 3.02. The fourth-order valence-corrected chi connectivity index (χ4v) is 5.08. The van der Waals surface area contributed by atoms with E-state index in [0.717, 1.165) is 23.9 Å². The Bertz CT molecular complexity index is 1800. The highest BCUT2D eigenvalue weighted by molar-refractivity contribution is 8.00. The quantitative estimate of drug-likeness (QED) is 0.0684. The van der Waals surface area contributed by atoms with Crippen molar-refractivity contribution in [3.63, 3.8) is 0 Å². The molecule has 0 radical (unpaired) electrons. The third-order valence-electron chi connectivity index (χ3n) is 6.30. The molecule has 1 atom stereocenters. The van der Waals surface area contributed by atoms with Gasteiger partial charge in [-0.05, 0) is 73.7 Å². The van der Waals surface area contributed by atoms with Gasteiger partial charge in [0.1, 0.15) is 5.70 Å². The third kappa shape index (κ3) is 8.96. The van der Waals surface area contributed by atoms with Gasteiger partial charge in [-0.15, -0.1) is 11.8 Å². The zero-order valence-electron chi connectivity index (χ0n) is 23.8. The number of halogens is 4. The second kappa shape index (κ2) is 14.8. The largest absolute Gasteiger partial charge is 0.418 e. The molecule has 1 unspecified atom stereocenters. The number of hydrogen-bond donors (Lipinski definition) is 3. The van der Waals surface area contributed by atoms with Crippen LogP contribution < -0.4 is 16.0 Å². The molecule has 0 saturated heterocycles. The van der Waals surface area contributed by atoms with E-state index in [-0.39, 0.29) is 27.5 Å². The van der Waals surface area contributed by atoms with Crippen LogP contribution in [0.3, 0.4) is 0 Å². The molecule has 46 heavy (non-hydrogen) atoms. The Morgan fingerprint density at radius 1 is 0.913 bits per heavy atom. The molecule has 0 aliphatic heterocycles. The van der Waals surface area contributed by atoms with Gasteiger partial charge in [0.05, 0.1) is 27.0 Å². The standard InChI is InChI=1S/C32H24ClF3N4O5S/c1-19(29(41)38-26-16-11-22(33)18-25(26)32(34,35)36)46-24-14-12-23(13-15-24)37-31(43)27(39-30(42)20-7-3-2-4-8-20)17-21-9-5-6-10-28(21)40(44)45/h2-19H,1H3,(H,37,43)(H,38,41)(H,39,42)/b27-17-. The van der Waals surface area contributed by atoms with Crippen molar-refractivity contribution in [2.45, 2.75) is 23.2 Å². The first-order valence-corrected chi connectivity index (χ1v) is 14.6. The normalized spacial score (nSPS) is 12.2. The van der Waals surface area contributed by atoms with Crippen LogP contribution in [-0.2, 0) is 15.8 Å². The predicted molar refractivity (Wildman–Crippen MR) is 170 cm³/mol. The van der Waals surface area contributed by atoms with Crippen LogP contribution in [0.5, 0.6) is 0 Å². The van der Waals surface area contributed by atoms with Gasteiger partial charge in [-0.3, -0.25) is 24.5 Å². The second-order valence-electron chi connectivity index (χ2n) is 9.61. The summed E-state index contributed by atoms with van der Waals surface area (Å²) in [6.45, 7) is 1.52. The lowest BCUT2D eigenvalue weighted by atomic mass is 10.1. The molecule has 3 amide bonds. The number of nitro benzene ring substituents is 1. The van der Waals surface area contributed by atoms with Gasteiger partial charge in [0.25, 0.3) is 17.5 Å². The lowest BCUT2D eigenvalue weighted by molar-refractivity contribution is -0.385. The van der Waals surface area contributed by atoms with E-state index in [2.05, 4.69) is 16.0 Å². The molecular formula is C32H24ClF3N4O5S. The molecule has 0 aliphatic carbocycles. The molecular weight excluding hydrogens is 645 g/mol. The fraction of sp³-hybridized carbons (Fsp3) is 0.0938. The minimum atomic E-state index is -4.72. The summed E-state index contributed by atoms with van der Waals surface area (Å²) in [6.07, 6.45) is -3.52. The first-order valence-electron chi connectivity index (χ1n) is 13.4.